The molecule has 1 aromatic rings. The Balaban J connectivity index is 1.61. The zero-order chi connectivity index (χ0) is 16.4. The van der Waals surface area contributed by atoms with Crippen LogP contribution < -0.4 is 15.4 Å². The molecular formula is C15H18ClN3O4. The van der Waals surface area contributed by atoms with Crippen LogP contribution in [0.1, 0.15) is 6.42 Å². The van der Waals surface area contributed by atoms with Crippen LogP contribution in [-0.4, -0.2) is 55.8 Å². The summed E-state index contributed by atoms with van der Waals surface area (Å²) in [7, 11) is 1.53. The number of amides is 3. The molecule has 8 heteroatoms. The Morgan fingerprint density at radius 3 is 3.00 bits per heavy atom. The normalized spacial score (nSPS) is 23.7. The maximum atomic E-state index is 12.4. The van der Waals surface area contributed by atoms with Gasteiger partial charge in [-0.2, -0.15) is 0 Å². The van der Waals surface area contributed by atoms with E-state index in [0.717, 1.165) is 0 Å². The molecule has 2 heterocycles. The summed E-state index contributed by atoms with van der Waals surface area (Å²) in [5.74, 6) is 0.433. The van der Waals surface area contributed by atoms with E-state index >= 15 is 0 Å². The van der Waals surface area contributed by atoms with Crippen LogP contribution in [0.5, 0.6) is 5.75 Å². The number of benzene rings is 1. The van der Waals surface area contributed by atoms with Gasteiger partial charge in [0.2, 0.25) is 5.91 Å². The van der Waals surface area contributed by atoms with Crippen LogP contribution in [0.3, 0.4) is 0 Å². The number of likely N-dealkylation sites (tertiary alicyclic amines) is 1. The molecule has 0 aliphatic carbocycles. The number of carbonyl (C=O) groups excluding carboxylic acids is 2. The monoisotopic (exact) mass is 339 g/mol. The van der Waals surface area contributed by atoms with E-state index in [4.69, 9.17) is 21.1 Å². The van der Waals surface area contributed by atoms with Crippen LogP contribution in [-0.2, 0) is 9.53 Å². The van der Waals surface area contributed by atoms with Crippen molar-refractivity contribution in [3.8, 4) is 5.75 Å². The highest BCUT2D eigenvalue weighted by Gasteiger charge is 2.43. The zero-order valence-corrected chi connectivity index (χ0v) is 13.5. The number of nitrogens with zero attached hydrogens (tertiary/aromatic N) is 1. The Morgan fingerprint density at radius 2 is 2.35 bits per heavy atom. The first-order valence-electron chi connectivity index (χ1n) is 7.31. The van der Waals surface area contributed by atoms with Crippen molar-refractivity contribution in [1.29, 1.82) is 0 Å². The van der Waals surface area contributed by atoms with Crippen LogP contribution in [0.4, 0.5) is 10.5 Å². The predicted molar refractivity (Wildman–Crippen MR) is 84.9 cm³/mol. The van der Waals surface area contributed by atoms with Gasteiger partial charge in [-0.3, -0.25) is 4.79 Å². The van der Waals surface area contributed by atoms with Gasteiger partial charge in [0.05, 0.1) is 18.7 Å². The Kier molecular flexibility index (Phi) is 4.32. The second-order valence-corrected chi connectivity index (χ2v) is 6.11. The molecule has 2 N–H and O–H groups in total. The van der Waals surface area contributed by atoms with E-state index < -0.39 is 5.60 Å². The van der Waals surface area contributed by atoms with Gasteiger partial charge in [-0.1, -0.05) is 11.6 Å². The number of halogens is 1. The largest absolute Gasteiger partial charge is 0.495 e. The fraction of sp³-hybridized carbons (Fsp3) is 0.467. The van der Waals surface area contributed by atoms with Crippen molar-refractivity contribution in [3.05, 3.63) is 23.2 Å². The summed E-state index contributed by atoms with van der Waals surface area (Å²) in [6, 6.07) is 4.85. The number of nitrogens with one attached hydrogen (secondary N) is 2. The molecule has 0 bridgehead atoms. The molecule has 7 nitrogen and oxygen atoms in total. The first kappa shape index (κ1) is 15.9. The maximum absolute atomic E-state index is 12.4. The van der Waals surface area contributed by atoms with Gasteiger partial charge >= 0.3 is 6.03 Å². The number of morpholine rings is 1. The fourth-order valence-corrected chi connectivity index (χ4v) is 3.06. The Bertz CT molecular complexity index is 627. The number of hydrogen-bond acceptors (Lipinski definition) is 4. The number of ether oxygens (including phenoxy) is 2. The van der Waals surface area contributed by atoms with E-state index in [1.165, 1.54) is 7.11 Å². The van der Waals surface area contributed by atoms with Gasteiger partial charge in [0, 0.05) is 18.8 Å². The fourth-order valence-electron chi connectivity index (χ4n) is 2.81. The molecule has 0 saturated carbocycles. The van der Waals surface area contributed by atoms with Gasteiger partial charge in [-0.25, -0.2) is 4.79 Å². The highest BCUT2D eigenvalue weighted by Crippen LogP contribution is 2.29. The lowest BCUT2D eigenvalue weighted by Crippen LogP contribution is -2.54. The van der Waals surface area contributed by atoms with Crippen molar-refractivity contribution in [2.24, 2.45) is 0 Å². The lowest BCUT2D eigenvalue weighted by Gasteiger charge is -2.33. The Hall–Kier alpha value is -1.99. The lowest BCUT2D eigenvalue weighted by atomic mass is 10.0. The molecule has 2 aliphatic heterocycles. The summed E-state index contributed by atoms with van der Waals surface area (Å²) in [4.78, 5) is 25.2. The molecule has 124 valence electrons. The summed E-state index contributed by atoms with van der Waals surface area (Å²) < 4.78 is 10.7. The number of anilines is 1. The highest BCUT2D eigenvalue weighted by molar-refractivity contribution is 6.32. The van der Waals surface area contributed by atoms with Crippen molar-refractivity contribution < 1.29 is 19.1 Å². The molecule has 23 heavy (non-hydrogen) atoms. The minimum atomic E-state index is -0.469. The first-order valence-corrected chi connectivity index (χ1v) is 7.69. The lowest BCUT2D eigenvalue weighted by molar-refractivity contribution is -0.141. The smallest absolute Gasteiger partial charge is 0.321 e. The molecule has 3 rings (SSSR count). The number of urea groups is 1. The summed E-state index contributed by atoms with van der Waals surface area (Å²) >= 11 is 6.05. The molecule has 2 fully saturated rings. The van der Waals surface area contributed by atoms with Gasteiger partial charge in [-0.05, 0) is 24.6 Å². The topological polar surface area (TPSA) is 79.9 Å². The number of carbonyl (C=O) groups is 2. The van der Waals surface area contributed by atoms with Gasteiger partial charge in [0.1, 0.15) is 18.0 Å². The van der Waals surface area contributed by atoms with Gasteiger partial charge < -0.3 is 25.0 Å². The van der Waals surface area contributed by atoms with Crippen LogP contribution in [0, 0.1) is 0 Å². The van der Waals surface area contributed by atoms with Crippen LogP contribution in [0.15, 0.2) is 18.2 Å². The van der Waals surface area contributed by atoms with Crippen molar-refractivity contribution in [1.82, 2.24) is 10.2 Å². The van der Waals surface area contributed by atoms with Gasteiger partial charge in [0.15, 0.2) is 0 Å². The third-order valence-corrected chi connectivity index (χ3v) is 4.42. The predicted octanol–water partition coefficient (Wildman–Crippen LogP) is 1.47. The molecule has 1 atom stereocenters. The summed E-state index contributed by atoms with van der Waals surface area (Å²) in [6.07, 6.45) is 0.698. The third kappa shape index (κ3) is 3.35. The minimum Gasteiger partial charge on any atom is -0.495 e. The summed E-state index contributed by atoms with van der Waals surface area (Å²) in [5.41, 5.74) is 0.127. The highest BCUT2D eigenvalue weighted by atomic mass is 35.5. The number of methoxy groups -OCH3 is 1. The zero-order valence-electron chi connectivity index (χ0n) is 12.7. The van der Waals surface area contributed by atoms with Crippen molar-refractivity contribution in [2.45, 2.75) is 12.0 Å². The van der Waals surface area contributed by atoms with Crippen molar-refractivity contribution in [3.63, 3.8) is 0 Å². The van der Waals surface area contributed by atoms with Crippen molar-refractivity contribution in [2.75, 3.05) is 38.7 Å². The molecule has 1 aromatic carbocycles. The summed E-state index contributed by atoms with van der Waals surface area (Å²) in [6.45, 7) is 1.50. The molecule has 1 spiro atoms. The van der Waals surface area contributed by atoms with E-state index in [1.54, 1.807) is 23.1 Å². The standard InChI is InChI=1S/C15H18ClN3O4/c1-22-12-3-2-10(6-11(12)16)18-14(21)19-5-4-15(9-19)8-17-13(20)7-23-15/h2-3,6H,4-5,7-9H2,1H3,(H,17,20)(H,18,21). The Morgan fingerprint density at radius 1 is 1.52 bits per heavy atom. The average molecular weight is 340 g/mol. The van der Waals surface area contributed by atoms with E-state index in [9.17, 15) is 9.59 Å². The van der Waals surface area contributed by atoms with Gasteiger partial charge in [-0.15, -0.1) is 0 Å². The van der Waals surface area contributed by atoms with E-state index in [1.807, 2.05) is 0 Å². The second-order valence-electron chi connectivity index (χ2n) is 5.70. The molecule has 0 radical (unpaired) electrons. The van der Waals surface area contributed by atoms with Gasteiger partial charge in [0.25, 0.3) is 0 Å². The van der Waals surface area contributed by atoms with Crippen molar-refractivity contribution >= 4 is 29.2 Å². The van der Waals surface area contributed by atoms with E-state index in [0.29, 0.717) is 42.5 Å². The van der Waals surface area contributed by atoms with E-state index in [-0.39, 0.29) is 18.5 Å². The van der Waals surface area contributed by atoms with E-state index in [2.05, 4.69) is 10.6 Å². The summed E-state index contributed by atoms with van der Waals surface area (Å²) in [5, 5.41) is 6.03. The van der Waals surface area contributed by atoms with Crippen LogP contribution >= 0.6 is 11.6 Å². The molecule has 2 saturated heterocycles. The minimum absolute atomic E-state index is 0.0452. The molecular weight excluding hydrogens is 322 g/mol. The molecule has 2 aliphatic rings. The first-order chi connectivity index (χ1) is 11.0. The maximum Gasteiger partial charge on any atom is 0.321 e. The molecule has 3 amide bonds. The third-order valence-electron chi connectivity index (χ3n) is 4.12. The van der Waals surface area contributed by atoms with Crippen LogP contribution in [0.2, 0.25) is 5.02 Å². The average Bonchev–Trinajstić information content (AvgIpc) is 2.95. The Labute approximate surface area is 138 Å². The SMILES string of the molecule is COc1ccc(NC(=O)N2CCC3(CNC(=O)CO3)C2)cc1Cl. The quantitative estimate of drug-likeness (QED) is 0.855. The second kappa shape index (κ2) is 6.25. The molecule has 0 aromatic heterocycles. The number of rotatable bonds is 2. The van der Waals surface area contributed by atoms with Crippen LogP contribution in [0.25, 0.3) is 0 Å². The number of hydrogen-bond donors (Lipinski definition) is 2. The molecule has 1 unspecified atom stereocenters.